The van der Waals surface area contributed by atoms with E-state index in [-0.39, 0.29) is 5.56 Å². The van der Waals surface area contributed by atoms with E-state index in [1.54, 1.807) is 0 Å². The summed E-state index contributed by atoms with van der Waals surface area (Å²) in [6.07, 6.45) is 0. The van der Waals surface area contributed by atoms with Crippen LogP contribution in [0.2, 0.25) is 0 Å². The summed E-state index contributed by atoms with van der Waals surface area (Å²) in [7, 11) is 2.20. The minimum atomic E-state index is -0.950. The van der Waals surface area contributed by atoms with Crippen molar-refractivity contribution in [2.45, 2.75) is 0 Å². The van der Waals surface area contributed by atoms with E-state index in [2.05, 4.69) is 9.47 Å². The zero-order valence-electron chi connectivity index (χ0n) is 11.4. The van der Waals surface area contributed by atoms with Crippen LogP contribution >= 0.6 is 0 Å². The molecule has 1 aromatic carbocycles. The largest absolute Gasteiger partial charge is 0.468 e. The molecule has 0 unspecified atom stereocenters. The van der Waals surface area contributed by atoms with Gasteiger partial charge < -0.3 is 14.4 Å². The highest BCUT2D eigenvalue weighted by Gasteiger charge is 2.23. The first-order chi connectivity index (χ1) is 9.87. The summed E-state index contributed by atoms with van der Waals surface area (Å²) in [5, 5.41) is 0. The van der Waals surface area contributed by atoms with Gasteiger partial charge in [0.05, 0.1) is 14.2 Å². The first-order valence-corrected chi connectivity index (χ1v) is 5.76. The number of methoxy groups -OCH3 is 2. The summed E-state index contributed by atoms with van der Waals surface area (Å²) in [4.78, 5) is 35.4. The molecule has 21 heavy (non-hydrogen) atoms. The third kappa shape index (κ3) is 4.83. The van der Waals surface area contributed by atoms with Gasteiger partial charge in [0.25, 0.3) is 5.91 Å². The molecule has 0 bridgehead atoms. The van der Waals surface area contributed by atoms with Crippen molar-refractivity contribution in [2.24, 2.45) is 0 Å². The van der Waals surface area contributed by atoms with Crippen molar-refractivity contribution in [3.8, 4) is 0 Å². The molecule has 0 radical (unpaired) electrons. The fraction of sp³-hybridized carbons (Fsp3) is 0.308. The van der Waals surface area contributed by atoms with E-state index in [0.717, 1.165) is 31.3 Å². The second kappa shape index (κ2) is 7.32. The van der Waals surface area contributed by atoms with Crippen molar-refractivity contribution in [1.29, 1.82) is 0 Å². The minimum absolute atomic E-state index is 0.333. The number of carbonyl (C=O) groups is 3. The molecule has 6 nitrogen and oxygen atoms in total. The molecule has 0 saturated carbocycles. The van der Waals surface area contributed by atoms with Gasteiger partial charge in [-0.25, -0.2) is 8.78 Å². The highest BCUT2D eigenvalue weighted by molar-refractivity contribution is 5.97. The average Bonchev–Trinajstić information content (AvgIpc) is 2.44. The molecule has 8 heteroatoms. The van der Waals surface area contributed by atoms with Crippen LogP contribution in [-0.4, -0.2) is 50.1 Å². The second-order valence-electron chi connectivity index (χ2n) is 3.97. The van der Waals surface area contributed by atoms with Crippen molar-refractivity contribution in [2.75, 3.05) is 27.3 Å². The quantitative estimate of drug-likeness (QED) is 0.751. The molecule has 0 atom stereocenters. The topological polar surface area (TPSA) is 72.9 Å². The van der Waals surface area contributed by atoms with E-state index < -0.39 is 42.6 Å². The summed E-state index contributed by atoms with van der Waals surface area (Å²) in [5.74, 6) is -4.37. The fourth-order valence-corrected chi connectivity index (χ4v) is 1.50. The SMILES string of the molecule is COC(=O)CN(CC(=O)OC)C(=O)c1cc(F)cc(F)c1. The molecule has 1 amide bonds. The lowest BCUT2D eigenvalue weighted by molar-refractivity contribution is -0.144. The van der Waals surface area contributed by atoms with Gasteiger partial charge in [0.1, 0.15) is 24.7 Å². The minimum Gasteiger partial charge on any atom is -0.468 e. The maximum atomic E-state index is 13.1. The number of amides is 1. The van der Waals surface area contributed by atoms with E-state index in [0.29, 0.717) is 6.07 Å². The van der Waals surface area contributed by atoms with Crippen LogP contribution in [0.3, 0.4) is 0 Å². The number of esters is 2. The maximum Gasteiger partial charge on any atom is 0.325 e. The molecule has 1 aromatic rings. The third-order valence-electron chi connectivity index (χ3n) is 2.49. The Hall–Kier alpha value is -2.51. The second-order valence-corrected chi connectivity index (χ2v) is 3.97. The molecular formula is C13H13F2NO5. The lowest BCUT2D eigenvalue weighted by Crippen LogP contribution is -2.40. The summed E-state index contributed by atoms with van der Waals surface area (Å²) in [6, 6.07) is 2.20. The molecule has 0 spiro atoms. The molecule has 0 aromatic heterocycles. The predicted molar refractivity (Wildman–Crippen MR) is 66.3 cm³/mol. The van der Waals surface area contributed by atoms with E-state index >= 15 is 0 Å². The van der Waals surface area contributed by atoms with Gasteiger partial charge in [-0.1, -0.05) is 0 Å². The number of nitrogens with zero attached hydrogens (tertiary/aromatic N) is 1. The number of halogens is 2. The number of rotatable bonds is 5. The van der Waals surface area contributed by atoms with Gasteiger partial charge in [0, 0.05) is 11.6 Å². The van der Waals surface area contributed by atoms with E-state index in [4.69, 9.17) is 0 Å². The molecule has 0 saturated heterocycles. The standard InChI is InChI=1S/C13H13F2NO5/c1-20-11(17)6-16(7-12(18)21-2)13(19)8-3-9(14)5-10(15)4-8/h3-5H,6-7H2,1-2H3. The van der Waals surface area contributed by atoms with E-state index in [1.807, 2.05) is 0 Å². The Balaban J connectivity index is 3.02. The third-order valence-corrected chi connectivity index (χ3v) is 2.49. The number of hydrogen-bond donors (Lipinski definition) is 0. The van der Waals surface area contributed by atoms with E-state index in [9.17, 15) is 23.2 Å². The highest BCUT2D eigenvalue weighted by Crippen LogP contribution is 2.11. The number of ether oxygens (including phenoxy) is 2. The van der Waals surface area contributed by atoms with Crippen LogP contribution in [0.25, 0.3) is 0 Å². The van der Waals surface area contributed by atoms with Gasteiger partial charge in [-0.05, 0) is 12.1 Å². The van der Waals surface area contributed by atoms with Crippen molar-refractivity contribution in [3.05, 3.63) is 35.4 Å². The molecule has 114 valence electrons. The summed E-state index contributed by atoms with van der Waals surface area (Å²) >= 11 is 0. The van der Waals surface area contributed by atoms with Gasteiger partial charge in [-0.2, -0.15) is 0 Å². The van der Waals surface area contributed by atoms with Crippen LogP contribution in [0.5, 0.6) is 0 Å². The first-order valence-electron chi connectivity index (χ1n) is 5.76. The lowest BCUT2D eigenvalue weighted by Gasteiger charge is -2.20. The molecule has 0 N–H and O–H groups in total. The Labute approximate surface area is 119 Å². The van der Waals surface area contributed by atoms with Crippen molar-refractivity contribution in [3.63, 3.8) is 0 Å². The average molecular weight is 301 g/mol. The molecule has 1 rings (SSSR count). The number of carbonyl (C=O) groups excluding carboxylic acids is 3. The Morgan fingerprint density at radius 1 is 0.952 bits per heavy atom. The predicted octanol–water partition coefficient (Wildman–Crippen LogP) is 0.753. The smallest absolute Gasteiger partial charge is 0.325 e. The summed E-state index contributed by atoms with van der Waals surface area (Å²) < 4.78 is 35.0. The van der Waals surface area contributed by atoms with Crippen LogP contribution in [0.15, 0.2) is 18.2 Å². The first kappa shape index (κ1) is 16.5. The zero-order chi connectivity index (χ0) is 16.0. The van der Waals surface area contributed by atoms with Crippen molar-refractivity contribution >= 4 is 17.8 Å². The van der Waals surface area contributed by atoms with Gasteiger partial charge in [0.2, 0.25) is 0 Å². The zero-order valence-corrected chi connectivity index (χ0v) is 11.4. The van der Waals surface area contributed by atoms with Gasteiger partial charge in [-0.15, -0.1) is 0 Å². The Morgan fingerprint density at radius 2 is 1.38 bits per heavy atom. The summed E-state index contributed by atoms with van der Waals surface area (Å²) in [5.41, 5.74) is -0.333. The van der Waals surface area contributed by atoms with Crippen LogP contribution in [-0.2, 0) is 19.1 Å². The van der Waals surface area contributed by atoms with E-state index in [1.165, 1.54) is 0 Å². The normalized spacial score (nSPS) is 9.90. The molecular weight excluding hydrogens is 288 g/mol. The molecule has 0 aliphatic rings. The van der Waals surface area contributed by atoms with Crippen molar-refractivity contribution in [1.82, 2.24) is 4.90 Å². The van der Waals surface area contributed by atoms with Crippen LogP contribution in [0.1, 0.15) is 10.4 Å². The maximum absolute atomic E-state index is 13.1. The van der Waals surface area contributed by atoms with Gasteiger partial charge in [0.15, 0.2) is 0 Å². The molecule has 0 aliphatic heterocycles. The Morgan fingerprint density at radius 3 is 1.76 bits per heavy atom. The number of benzene rings is 1. The van der Waals surface area contributed by atoms with Crippen LogP contribution < -0.4 is 0 Å². The Bertz CT molecular complexity index is 523. The number of hydrogen-bond acceptors (Lipinski definition) is 5. The monoisotopic (exact) mass is 301 g/mol. The molecule has 0 aliphatic carbocycles. The lowest BCUT2D eigenvalue weighted by atomic mass is 10.2. The van der Waals surface area contributed by atoms with Crippen LogP contribution in [0.4, 0.5) is 8.78 Å². The highest BCUT2D eigenvalue weighted by atomic mass is 19.1. The molecule has 0 heterocycles. The fourth-order valence-electron chi connectivity index (χ4n) is 1.50. The van der Waals surface area contributed by atoms with Crippen molar-refractivity contribution < 1.29 is 32.6 Å². The molecule has 0 fully saturated rings. The Kier molecular flexibility index (Phi) is 5.77. The summed E-state index contributed by atoms with van der Waals surface area (Å²) in [6.45, 7) is -1.11. The van der Waals surface area contributed by atoms with Gasteiger partial charge >= 0.3 is 11.9 Å². The van der Waals surface area contributed by atoms with Crippen LogP contribution in [0, 0.1) is 11.6 Å². The van der Waals surface area contributed by atoms with Gasteiger partial charge in [-0.3, -0.25) is 14.4 Å².